The van der Waals surface area contributed by atoms with E-state index < -0.39 is 0 Å². The Morgan fingerprint density at radius 3 is 2.46 bits per heavy atom. The summed E-state index contributed by atoms with van der Waals surface area (Å²) >= 11 is 0. The fourth-order valence-electron chi connectivity index (χ4n) is 3.24. The summed E-state index contributed by atoms with van der Waals surface area (Å²) in [7, 11) is 0. The molecule has 1 atom stereocenters. The molecular weight excluding hydrogens is 328 g/mol. The van der Waals surface area contributed by atoms with E-state index in [4.69, 9.17) is 10.2 Å². The normalized spacial score (nSPS) is 15.7. The third kappa shape index (κ3) is 5.58. The van der Waals surface area contributed by atoms with Crippen LogP contribution in [-0.4, -0.2) is 16.1 Å². The number of nitrogens with zero attached hydrogens (tertiary/aromatic N) is 2. The zero-order valence-corrected chi connectivity index (χ0v) is 16.0. The highest BCUT2D eigenvalue weighted by Gasteiger charge is 2.25. The summed E-state index contributed by atoms with van der Waals surface area (Å²) in [6.45, 7) is 5.49. The maximum atomic E-state index is 11.6. The van der Waals surface area contributed by atoms with Crippen molar-refractivity contribution in [1.82, 2.24) is 15.5 Å². The smallest absolute Gasteiger partial charge is 0.239 e. The Balaban J connectivity index is 0.00000117. The number of hydrogen-bond acceptors (Lipinski definition) is 5. The summed E-state index contributed by atoms with van der Waals surface area (Å²) in [6.07, 6.45) is 6.50. The Kier molecular flexibility index (Phi) is 7.63. The predicted octanol–water partition coefficient (Wildman–Crippen LogP) is 4.15. The van der Waals surface area contributed by atoms with Crippen LogP contribution in [0, 0.1) is 0 Å². The third-order valence-corrected chi connectivity index (χ3v) is 4.51. The largest absolute Gasteiger partial charge is 0.423 e. The molecule has 3 rings (SSSR count). The SMILES string of the molecule is CC.CC(=O)NC(Cc1ccc(N)cc1)c1nnc(C2CCCCC2)o1. The Morgan fingerprint density at radius 2 is 1.85 bits per heavy atom. The number of amides is 1. The van der Waals surface area contributed by atoms with Crippen molar-refractivity contribution in [1.29, 1.82) is 0 Å². The summed E-state index contributed by atoms with van der Waals surface area (Å²) in [4.78, 5) is 11.6. The standard InChI is InChI=1S/C18H24N4O2.C2H6/c1-12(23)20-16(11-13-7-9-15(19)10-8-13)18-22-21-17(24-18)14-5-3-2-4-6-14;1-2/h7-10,14,16H,2-6,11,19H2,1H3,(H,20,23);1-2H3. The van der Waals surface area contributed by atoms with Crippen LogP contribution in [0.4, 0.5) is 5.69 Å². The lowest BCUT2D eigenvalue weighted by atomic mass is 9.89. The molecular formula is C20H30N4O2. The quantitative estimate of drug-likeness (QED) is 0.783. The van der Waals surface area contributed by atoms with Gasteiger partial charge >= 0.3 is 0 Å². The van der Waals surface area contributed by atoms with E-state index in [1.165, 1.54) is 26.2 Å². The zero-order chi connectivity index (χ0) is 18.9. The fourth-order valence-corrected chi connectivity index (χ4v) is 3.24. The van der Waals surface area contributed by atoms with Gasteiger partial charge in [-0.2, -0.15) is 0 Å². The second-order valence-electron chi connectivity index (χ2n) is 6.51. The van der Waals surface area contributed by atoms with Gasteiger partial charge in [0.25, 0.3) is 0 Å². The Bertz CT molecular complexity index is 675. The van der Waals surface area contributed by atoms with E-state index in [1.54, 1.807) is 0 Å². The first-order valence-electron chi connectivity index (χ1n) is 9.56. The van der Waals surface area contributed by atoms with Crippen molar-refractivity contribution in [2.24, 2.45) is 0 Å². The van der Waals surface area contributed by atoms with Gasteiger partial charge in [0.2, 0.25) is 17.7 Å². The van der Waals surface area contributed by atoms with Crippen molar-refractivity contribution in [2.75, 3.05) is 5.73 Å². The van der Waals surface area contributed by atoms with Crippen LogP contribution < -0.4 is 11.1 Å². The molecule has 6 heteroatoms. The van der Waals surface area contributed by atoms with Crippen LogP contribution >= 0.6 is 0 Å². The molecule has 2 aromatic rings. The van der Waals surface area contributed by atoms with Crippen molar-refractivity contribution in [3.05, 3.63) is 41.6 Å². The number of aromatic nitrogens is 2. The highest BCUT2D eigenvalue weighted by Crippen LogP contribution is 2.32. The van der Waals surface area contributed by atoms with Crippen LogP contribution in [0.15, 0.2) is 28.7 Å². The second-order valence-corrected chi connectivity index (χ2v) is 6.51. The van der Waals surface area contributed by atoms with E-state index in [0.29, 0.717) is 29.8 Å². The number of nitrogens with one attached hydrogen (secondary N) is 1. The number of anilines is 1. The molecule has 1 saturated carbocycles. The molecule has 0 aliphatic heterocycles. The lowest BCUT2D eigenvalue weighted by Crippen LogP contribution is -2.28. The molecule has 1 aromatic carbocycles. The van der Waals surface area contributed by atoms with E-state index in [9.17, 15) is 4.79 Å². The monoisotopic (exact) mass is 358 g/mol. The van der Waals surface area contributed by atoms with E-state index >= 15 is 0 Å². The summed E-state index contributed by atoms with van der Waals surface area (Å²) in [5.74, 6) is 1.42. The molecule has 1 aromatic heterocycles. The van der Waals surface area contributed by atoms with Gasteiger partial charge in [-0.05, 0) is 30.5 Å². The molecule has 1 unspecified atom stereocenters. The fraction of sp³-hybridized carbons (Fsp3) is 0.550. The van der Waals surface area contributed by atoms with Gasteiger partial charge in [-0.25, -0.2) is 0 Å². The molecule has 1 fully saturated rings. The zero-order valence-electron chi connectivity index (χ0n) is 16.0. The Morgan fingerprint density at radius 1 is 1.19 bits per heavy atom. The summed E-state index contributed by atoms with van der Waals surface area (Å²) in [5, 5.41) is 11.3. The number of nitrogen functional groups attached to an aromatic ring is 1. The van der Waals surface area contributed by atoms with Gasteiger partial charge in [0, 0.05) is 24.9 Å². The lowest BCUT2D eigenvalue weighted by Gasteiger charge is -2.18. The average molecular weight is 358 g/mol. The van der Waals surface area contributed by atoms with E-state index in [1.807, 2.05) is 38.1 Å². The van der Waals surface area contributed by atoms with Crippen LogP contribution in [0.1, 0.15) is 82.2 Å². The average Bonchev–Trinajstić information content (AvgIpc) is 3.15. The van der Waals surface area contributed by atoms with Gasteiger partial charge in [0.1, 0.15) is 6.04 Å². The highest BCUT2D eigenvalue weighted by atomic mass is 16.4. The molecule has 0 bridgehead atoms. The third-order valence-electron chi connectivity index (χ3n) is 4.51. The van der Waals surface area contributed by atoms with E-state index in [0.717, 1.165) is 18.4 Å². The minimum atomic E-state index is -0.323. The topological polar surface area (TPSA) is 94.0 Å². The molecule has 0 saturated heterocycles. The van der Waals surface area contributed by atoms with Crippen LogP contribution in [0.25, 0.3) is 0 Å². The van der Waals surface area contributed by atoms with Crippen LogP contribution in [0.2, 0.25) is 0 Å². The minimum Gasteiger partial charge on any atom is -0.423 e. The summed E-state index contributed by atoms with van der Waals surface area (Å²) < 4.78 is 5.92. The molecule has 0 radical (unpaired) electrons. The molecule has 26 heavy (non-hydrogen) atoms. The molecule has 1 heterocycles. The maximum absolute atomic E-state index is 11.6. The van der Waals surface area contributed by atoms with E-state index in [-0.39, 0.29) is 11.9 Å². The molecule has 6 nitrogen and oxygen atoms in total. The molecule has 0 spiro atoms. The molecule has 1 aliphatic rings. The van der Waals surface area contributed by atoms with Crippen LogP contribution in [0.5, 0.6) is 0 Å². The van der Waals surface area contributed by atoms with Crippen molar-refractivity contribution in [3.63, 3.8) is 0 Å². The van der Waals surface area contributed by atoms with Crippen molar-refractivity contribution in [2.45, 2.75) is 71.3 Å². The van der Waals surface area contributed by atoms with Crippen molar-refractivity contribution >= 4 is 11.6 Å². The molecule has 1 amide bonds. The number of nitrogens with two attached hydrogens (primary N) is 1. The van der Waals surface area contributed by atoms with Crippen molar-refractivity contribution in [3.8, 4) is 0 Å². The van der Waals surface area contributed by atoms with E-state index in [2.05, 4.69) is 15.5 Å². The van der Waals surface area contributed by atoms with Crippen molar-refractivity contribution < 1.29 is 9.21 Å². The number of rotatable bonds is 5. The first-order chi connectivity index (χ1) is 12.6. The van der Waals surface area contributed by atoms with Gasteiger partial charge in [-0.3, -0.25) is 4.79 Å². The number of carbonyl (C=O) groups excluding carboxylic acids is 1. The van der Waals surface area contributed by atoms with Gasteiger partial charge in [-0.15, -0.1) is 10.2 Å². The summed E-state index contributed by atoms with van der Waals surface area (Å²) in [6, 6.07) is 7.27. The van der Waals surface area contributed by atoms with Gasteiger partial charge in [0.05, 0.1) is 0 Å². The number of carbonyl (C=O) groups is 1. The molecule has 1 aliphatic carbocycles. The minimum absolute atomic E-state index is 0.118. The number of benzene rings is 1. The van der Waals surface area contributed by atoms with Crippen LogP contribution in [-0.2, 0) is 11.2 Å². The lowest BCUT2D eigenvalue weighted by molar-refractivity contribution is -0.119. The first-order valence-corrected chi connectivity index (χ1v) is 9.56. The predicted molar refractivity (Wildman–Crippen MR) is 103 cm³/mol. The Hall–Kier alpha value is -2.37. The first kappa shape index (κ1) is 19.9. The van der Waals surface area contributed by atoms with Crippen LogP contribution in [0.3, 0.4) is 0 Å². The van der Waals surface area contributed by atoms with Gasteiger partial charge < -0.3 is 15.5 Å². The maximum Gasteiger partial charge on any atom is 0.239 e. The van der Waals surface area contributed by atoms with Gasteiger partial charge in [0.15, 0.2) is 0 Å². The highest BCUT2D eigenvalue weighted by molar-refractivity contribution is 5.73. The molecule has 3 N–H and O–H groups in total. The summed E-state index contributed by atoms with van der Waals surface area (Å²) in [5.41, 5.74) is 7.50. The van der Waals surface area contributed by atoms with Gasteiger partial charge in [-0.1, -0.05) is 45.2 Å². The second kappa shape index (κ2) is 9.94. The molecule has 142 valence electrons. The Labute approximate surface area is 155 Å². The number of hydrogen-bond donors (Lipinski definition) is 2.